The van der Waals surface area contributed by atoms with Gasteiger partial charge in [-0.1, -0.05) is 29.8 Å². The number of carbonyl (C=O) groups excluding carboxylic acids is 1. The third-order valence-electron chi connectivity index (χ3n) is 3.52. The van der Waals surface area contributed by atoms with E-state index in [2.05, 4.69) is 10.1 Å². The summed E-state index contributed by atoms with van der Waals surface area (Å²) in [7, 11) is 0. The average molecular weight is 334 g/mol. The molecular weight excluding hydrogens is 316 g/mol. The Morgan fingerprint density at radius 1 is 1.20 bits per heavy atom. The average Bonchev–Trinajstić information content (AvgIpc) is 2.91. The normalized spacial score (nSPS) is 11.0. The van der Waals surface area contributed by atoms with Crippen LogP contribution in [0.5, 0.6) is 5.75 Å². The number of imidazole rings is 1. The van der Waals surface area contributed by atoms with Crippen LogP contribution in [0.2, 0.25) is 0 Å². The van der Waals surface area contributed by atoms with E-state index in [1.807, 2.05) is 32.0 Å². The zero-order chi connectivity index (χ0) is 17.8. The zero-order valence-electron chi connectivity index (χ0n) is 14.0. The molecule has 3 rings (SSSR count). The summed E-state index contributed by atoms with van der Waals surface area (Å²) in [5.41, 5.74) is 8.90. The maximum absolute atomic E-state index is 12.2. The monoisotopic (exact) mass is 334 g/mol. The first-order chi connectivity index (χ1) is 12.0. The third-order valence-corrected chi connectivity index (χ3v) is 3.52. The Labute approximate surface area is 145 Å². The topological polar surface area (TPSA) is 82.5 Å². The molecule has 0 aliphatic heterocycles. The van der Waals surface area contributed by atoms with Crippen molar-refractivity contribution in [3.05, 3.63) is 77.1 Å². The van der Waals surface area contributed by atoms with Crippen LogP contribution in [0.4, 0.5) is 5.95 Å². The van der Waals surface area contributed by atoms with E-state index in [1.165, 1.54) is 4.68 Å². The summed E-state index contributed by atoms with van der Waals surface area (Å²) >= 11 is 0. The van der Waals surface area contributed by atoms with E-state index in [0.29, 0.717) is 17.3 Å². The highest BCUT2D eigenvalue weighted by Gasteiger charge is 2.08. The standard InChI is InChI=1S/C19H18N4O2/c1-13-6-8-16(9-7-13)18(24)25-17-5-3-4-15(10-17)11-21-23-12-14(2)22-19(23)20/h3-12H,1-2H3,(H2,20,22). The van der Waals surface area contributed by atoms with Crippen LogP contribution in [0.3, 0.4) is 0 Å². The first kappa shape index (κ1) is 16.4. The molecule has 0 saturated heterocycles. The molecule has 1 aromatic heterocycles. The lowest BCUT2D eigenvalue weighted by Crippen LogP contribution is -2.08. The Morgan fingerprint density at radius 3 is 2.64 bits per heavy atom. The predicted molar refractivity (Wildman–Crippen MR) is 96.9 cm³/mol. The fourth-order valence-corrected chi connectivity index (χ4v) is 2.24. The van der Waals surface area contributed by atoms with Gasteiger partial charge >= 0.3 is 5.97 Å². The van der Waals surface area contributed by atoms with Crippen molar-refractivity contribution < 1.29 is 9.53 Å². The number of ether oxygens (including phenoxy) is 1. The van der Waals surface area contributed by atoms with E-state index in [4.69, 9.17) is 10.5 Å². The maximum Gasteiger partial charge on any atom is 0.343 e. The Bertz CT molecular complexity index is 927. The Hall–Kier alpha value is -3.41. The molecule has 0 spiro atoms. The molecular formula is C19H18N4O2. The number of hydrogen-bond donors (Lipinski definition) is 1. The second-order valence-corrected chi connectivity index (χ2v) is 5.66. The van der Waals surface area contributed by atoms with Gasteiger partial charge in [0.25, 0.3) is 0 Å². The highest BCUT2D eigenvalue weighted by Crippen LogP contribution is 2.15. The van der Waals surface area contributed by atoms with Gasteiger partial charge in [0.2, 0.25) is 5.95 Å². The molecule has 3 aromatic rings. The van der Waals surface area contributed by atoms with Crippen molar-refractivity contribution in [2.24, 2.45) is 5.10 Å². The van der Waals surface area contributed by atoms with Gasteiger partial charge in [-0.2, -0.15) is 5.10 Å². The molecule has 0 radical (unpaired) electrons. The minimum absolute atomic E-state index is 0.315. The lowest BCUT2D eigenvalue weighted by molar-refractivity contribution is 0.0735. The van der Waals surface area contributed by atoms with Crippen LogP contribution in [-0.4, -0.2) is 21.8 Å². The molecule has 1 heterocycles. The van der Waals surface area contributed by atoms with Crippen LogP contribution in [0.25, 0.3) is 0 Å². The zero-order valence-corrected chi connectivity index (χ0v) is 14.0. The van der Waals surface area contributed by atoms with Gasteiger partial charge in [0.05, 0.1) is 23.7 Å². The summed E-state index contributed by atoms with van der Waals surface area (Å²) in [6, 6.07) is 14.3. The second kappa shape index (κ2) is 7.00. The molecule has 6 nitrogen and oxygen atoms in total. The van der Waals surface area contributed by atoms with Crippen LogP contribution in [-0.2, 0) is 0 Å². The van der Waals surface area contributed by atoms with Crippen molar-refractivity contribution >= 4 is 18.1 Å². The first-order valence-corrected chi connectivity index (χ1v) is 7.76. The summed E-state index contributed by atoms with van der Waals surface area (Å²) in [6.45, 7) is 3.81. The Kier molecular flexibility index (Phi) is 4.61. The van der Waals surface area contributed by atoms with Crippen LogP contribution in [0.15, 0.2) is 59.8 Å². The number of rotatable bonds is 4. The van der Waals surface area contributed by atoms with E-state index >= 15 is 0 Å². The lowest BCUT2D eigenvalue weighted by Gasteiger charge is -2.05. The van der Waals surface area contributed by atoms with Crippen LogP contribution in [0.1, 0.15) is 27.2 Å². The van der Waals surface area contributed by atoms with Gasteiger partial charge in [0.1, 0.15) is 5.75 Å². The minimum atomic E-state index is -0.399. The van der Waals surface area contributed by atoms with Gasteiger partial charge in [-0.05, 0) is 43.7 Å². The van der Waals surface area contributed by atoms with Crippen LogP contribution < -0.4 is 10.5 Å². The Morgan fingerprint density at radius 2 is 1.96 bits per heavy atom. The van der Waals surface area contributed by atoms with Crippen molar-refractivity contribution in [3.63, 3.8) is 0 Å². The maximum atomic E-state index is 12.2. The summed E-state index contributed by atoms with van der Waals surface area (Å²) < 4.78 is 6.90. The van der Waals surface area contributed by atoms with Crippen molar-refractivity contribution in [2.75, 3.05) is 5.73 Å². The third kappa shape index (κ3) is 4.11. The number of benzene rings is 2. The molecule has 126 valence electrons. The van der Waals surface area contributed by atoms with E-state index in [0.717, 1.165) is 16.8 Å². The van der Waals surface area contributed by atoms with E-state index in [9.17, 15) is 4.79 Å². The number of hydrogen-bond acceptors (Lipinski definition) is 5. The fraction of sp³-hybridized carbons (Fsp3) is 0.105. The van der Waals surface area contributed by atoms with Crippen molar-refractivity contribution in [1.29, 1.82) is 0 Å². The Balaban J connectivity index is 1.74. The molecule has 0 amide bonds. The molecule has 2 N–H and O–H groups in total. The molecule has 25 heavy (non-hydrogen) atoms. The summed E-state index contributed by atoms with van der Waals surface area (Å²) in [5.74, 6) is 0.364. The number of aryl methyl sites for hydroxylation is 2. The molecule has 2 aromatic carbocycles. The largest absolute Gasteiger partial charge is 0.423 e. The van der Waals surface area contributed by atoms with Gasteiger partial charge in [0.15, 0.2) is 0 Å². The lowest BCUT2D eigenvalue weighted by atomic mass is 10.1. The van der Waals surface area contributed by atoms with Gasteiger partial charge in [-0.15, -0.1) is 0 Å². The number of nitrogens with two attached hydrogens (primary N) is 1. The fourth-order valence-electron chi connectivity index (χ4n) is 2.24. The number of aromatic nitrogens is 2. The number of nitrogen functional groups attached to an aromatic ring is 1. The molecule has 0 unspecified atom stereocenters. The molecule has 0 bridgehead atoms. The smallest absolute Gasteiger partial charge is 0.343 e. The number of carbonyl (C=O) groups is 1. The van der Waals surface area contributed by atoms with Gasteiger partial charge in [0, 0.05) is 0 Å². The number of nitrogens with zero attached hydrogens (tertiary/aromatic N) is 3. The number of esters is 1. The van der Waals surface area contributed by atoms with Crippen molar-refractivity contribution in [3.8, 4) is 5.75 Å². The van der Waals surface area contributed by atoms with Gasteiger partial charge in [-0.3, -0.25) is 0 Å². The second-order valence-electron chi connectivity index (χ2n) is 5.66. The van der Waals surface area contributed by atoms with Gasteiger partial charge in [-0.25, -0.2) is 14.5 Å². The van der Waals surface area contributed by atoms with Crippen LogP contribution >= 0.6 is 0 Å². The van der Waals surface area contributed by atoms with Crippen molar-refractivity contribution in [2.45, 2.75) is 13.8 Å². The molecule has 0 aliphatic rings. The molecule has 0 aliphatic carbocycles. The summed E-state index contributed by atoms with van der Waals surface area (Å²) in [5, 5.41) is 4.25. The van der Waals surface area contributed by atoms with Gasteiger partial charge < -0.3 is 10.5 Å². The molecule has 6 heteroatoms. The first-order valence-electron chi connectivity index (χ1n) is 7.76. The van der Waals surface area contributed by atoms with Crippen molar-refractivity contribution in [1.82, 2.24) is 9.66 Å². The molecule has 0 atom stereocenters. The van der Waals surface area contributed by atoms with E-state index in [1.54, 1.807) is 42.7 Å². The number of anilines is 1. The van der Waals surface area contributed by atoms with E-state index < -0.39 is 5.97 Å². The van der Waals surface area contributed by atoms with Crippen LogP contribution in [0, 0.1) is 13.8 Å². The predicted octanol–water partition coefficient (Wildman–Crippen LogP) is 3.18. The highest BCUT2D eigenvalue weighted by atomic mass is 16.5. The SMILES string of the molecule is Cc1ccc(C(=O)Oc2cccc(C=Nn3cc(C)nc3N)c2)cc1. The summed E-state index contributed by atoms with van der Waals surface area (Å²) in [6.07, 6.45) is 3.35. The molecule has 0 fully saturated rings. The summed E-state index contributed by atoms with van der Waals surface area (Å²) in [4.78, 5) is 16.3. The van der Waals surface area contributed by atoms with E-state index in [-0.39, 0.29) is 0 Å². The quantitative estimate of drug-likeness (QED) is 0.451. The molecule has 0 saturated carbocycles. The highest BCUT2D eigenvalue weighted by molar-refractivity contribution is 5.91. The minimum Gasteiger partial charge on any atom is -0.423 e.